The van der Waals surface area contributed by atoms with Crippen molar-refractivity contribution in [2.75, 3.05) is 18.8 Å². The van der Waals surface area contributed by atoms with E-state index >= 15 is 0 Å². The Balaban J connectivity index is 2.08. The highest BCUT2D eigenvalue weighted by atomic mass is 15.2. The molecule has 2 heterocycles. The molecular formula is C12H22N4. The third-order valence-corrected chi connectivity index (χ3v) is 3.25. The molecule has 0 radical (unpaired) electrons. The average Bonchev–Trinajstić information content (AvgIpc) is 2.61. The zero-order chi connectivity index (χ0) is 11.5. The molecule has 1 aliphatic heterocycles. The van der Waals surface area contributed by atoms with Gasteiger partial charge < -0.3 is 10.3 Å². The molecule has 0 bridgehead atoms. The van der Waals surface area contributed by atoms with Crippen LogP contribution in [-0.2, 0) is 6.54 Å². The maximum Gasteiger partial charge on any atom is 0.200 e. The maximum atomic E-state index is 5.88. The van der Waals surface area contributed by atoms with Crippen LogP contribution in [0.15, 0.2) is 6.20 Å². The van der Waals surface area contributed by atoms with Crippen molar-refractivity contribution in [1.29, 1.82) is 0 Å². The van der Waals surface area contributed by atoms with Crippen LogP contribution in [0.3, 0.4) is 0 Å². The van der Waals surface area contributed by atoms with Crippen molar-refractivity contribution < 1.29 is 0 Å². The number of piperidine rings is 1. The molecule has 1 aliphatic rings. The monoisotopic (exact) mass is 222 g/mol. The lowest BCUT2D eigenvalue weighted by molar-refractivity contribution is 0.215. The van der Waals surface area contributed by atoms with E-state index in [0.717, 1.165) is 6.54 Å². The standard InChI is InChI=1S/C12H22N4/c1-10(2)16-11(8-14-12(16)13)9-15-6-4-3-5-7-15/h8,10H,3-7,9H2,1-2H3,(H2,13,14). The second-order valence-corrected chi connectivity index (χ2v) is 4.91. The summed E-state index contributed by atoms with van der Waals surface area (Å²) in [5.41, 5.74) is 7.13. The van der Waals surface area contributed by atoms with E-state index in [1.165, 1.54) is 38.0 Å². The Hall–Kier alpha value is -1.03. The minimum Gasteiger partial charge on any atom is -0.369 e. The van der Waals surface area contributed by atoms with Crippen molar-refractivity contribution in [2.24, 2.45) is 0 Å². The van der Waals surface area contributed by atoms with Crippen LogP contribution in [0.2, 0.25) is 0 Å². The van der Waals surface area contributed by atoms with Gasteiger partial charge in [-0.2, -0.15) is 0 Å². The van der Waals surface area contributed by atoms with Crippen molar-refractivity contribution in [3.05, 3.63) is 11.9 Å². The van der Waals surface area contributed by atoms with E-state index in [1.807, 2.05) is 6.20 Å². The molecule has 0 unspecified atom stereocenters. The van der Waals surface area contributed by atoms with Crippen molar-refractivity contribution in [2.45, 2.75) is 45.7 Å². The first-order chi connectivity index (χ1) is 7.68. The van der Waals surface area contributed by atoms with E-state index in [9.17, 15) is 0 Å². The molecule has 16 heavy (non-hydrogen) atoms. The van der Waals surface area contributed by atoms with E-state index < -0.39 is 0 Å². The summed E-state index contributed by atoms with van der Waals surface area (Å²) < 4.78 is 2.13. The summed E-state index contributed by atoms with van der Waals surface area (Å²) in [7, 11) is 0. The molecule has 0 amide bonds. The summed E-state index contributed by atoms with van der Waals surface area (Å²) in [5.74, 6) is 0.641. The predicted octanol–water partition coefficient (Wildman–Crippen LogP) is 2.03. The molecule has 2 N–H and O–H groups in total. The Labute approximate surface area is 97.4 Å². The summed E-state index contributed by atoms with van der Waals surface area (Å²) in [6, 6.07) is 0.391. The largest absolute Gasteiger partial charge is 0.369 e. The highest BCUT2D eigenvalue weighted by Gasteiger charge is 2.15. The Morgan fingerprint density at radius 1 is 1.31 bits per heavy atom. The lowest BCUT2D eigenvalue weighted by Gasteiger charge is -2.27. The highest BCUT2D eigenvalue weighted by Crippen LogP contribution is 2.18. The maximum absolute atomic E-state index is 5.88. The van der Waals surface area contributed by atoms with Crippen LogP contribution in [0, 0.1) is 0 Å². The van der Waals surface area contributed by atoms with Gasteiger partial charge in [0.25, 0.3) is 0 Å². The molecule has 1 aromatic rings. The van der Waals surface area contributed by atoms with E-state index in [4.69, 9.17) is 5.73 Å². The summed E-state index contributed by atoms with van der Waals surface area (Å²) in [6.45, 7) is 7.71. The van der Waals surface area contributed by atoms with Gasteiger partial charge in [-0.3, -0.25) is 4.90 Å². The topological polar surface area (TPSA) is 47.1 Å². The van der Waals surface area contributed by atoms with Crippen LogP contribution in [0.5, 0.6) is 0 Å². The fraction of sp³-hybridized carbons (Fsp3) is 0.750. The molecule has 2 rings (SSSR count). The first kappa shape index (κ1) is 11.5. The van der Waals surface area contributed by atoms with Crippen LogP contribution in [0.25, 0.3) is 0 Å². The van der Waals surface area contributed by atoms with Gasteiger partial charge in [-0.25, -0.2) is 4.98 Å². The SMILES string of the molecule is CC(C)n1c(CN2CCCCC2)cnc1N. The van der Waals surface area contributed by atoms with Gasteiger partial charge in [0, 0.05) is 12.6 Å². The molecule has 0 aromatic carbocycles. The van der Waals surface area contributed by atoms with Gasteiger partial charge >= 0.3 is 0 Å². The van der Waals surface area contributed by atoms with E-state index in [1.54, 1.807) is 0 Å². The van der Waals surface area contributed by atoms with Gasteiger partial charge in [0.2, 0.25) is 5.95 Å². The number of hydrogen-bond acceptors (Lipinski definition) is 3. The number of imidazole rings is 1. The fourth-order valence-corrected chi connectivity index (χ4v) is 2.47. The van der Waals surface area contributed by atoms with Crippen LogP contribution in [-0.4, -0.2) is 27.5 Å². The fourth-order valence-electron chi connectivity index (χ4n) is 2.47. The molecule has 1 aromatic heterocycles. The van der Waals surface area contributed by atoms with E-state index in [2.05, 4.69) is 28.3 Å². The predicted molar refractivity (Wildman–Crippen MR) is 66.2 cm³/mol. The van der Waals surface area contributed by atoms with Gasteiger partial charge in [0.1, 0.15) is 0 Å². The molecule has 0 saturated carbocycles. The summed E-state index contributed by atoms with van der Waals surface area (Å²) in [6.07, 6.45) is 5.95. The zero-order valence-electron chi connectivity index (χ0n) is 10.3. The number of rotatable bonds is 3. The summed E-state index contributed by atoms with van der Waals surface area (Å²) in [4.78, 5) is 6.72. The third kappa shape index (κ3) is 2.38. The highest BCUT2D eigenvalue weighted by molar-refractivity contribution is 5.23. The summed E-state index contributed by atoms with van der Waals surface area (Å²) in [5, 5.41) is 0. The Morgan fingerprint density at radius 2 is 2.00 bits per heavy atom. The van der Waals surface area contributed by atoms with E-state index in [0.29, 0.717) is 12.0 Å². The zero-order valence-corrected chi connectivity index (χ0v) is 10.3. The molecule has 1 fully saturated rings. The molecule has 0 aliphatic carbocycles. The normalized spacial score (nSPS) is 18.2. The average molecular weight is 222 g/mol. The second kappa shape index (κ2) is 4.87. The van der Waals surface area contributed by atoms with Gasteiger partial charge in [-0.05, 0) is 39.8 Å². The number of aromatic nitrogens is 2. The third-order valence-electron chi connectivity index (χ3n) is 3.25. The Bertz CT molecular complexity index is 337. The lowest BCUT2D eigenvalue weighted by Crippen LogP contribution is -2.30. The number of anilines is 1. The second-order valence-electron chi connectivity index (χ2n) is 4.91. The summed E-state index contributed by atoms with van der Waals surface area (Å²) >= 11 is 0. The Kier molecular flexibility index (Phi) is 3.49. The molecule has 0 spiro atoms. The molecular weight excluding hydrogens is 200 g/mol. The molecule has 90 valence electrons. The van der Waals surface area contributed by atoms with Crippen molar-refractivity contribution in [1.82, 2.24) is 14.5 Å². The van der Waals surface area contributed by atoms with Crippen LogP contribution in [0.1, 0.15) is 44.8 Å². The van der Waals surface area contributed by atoms with Crippen LogP contribution < -0.4 is 5.73 Å². The van der Waals surface area contributed by atoms with Crippen molar-refractivity contribution >= 4 is 5.95 Å². The quantitative estimate of drug-likeness (QED) is 0.851. The van der Waals surface area contributed by atoms with Crippen molar-refractivity contribution in [3.63, 3.8) is 0 Å². The van der Waals surface area contributed by atoms with Crippen LogP contribution >= 0.6 is 0 Å². The Morgan fingerprint density at radius 3 is 2.62 bits per heavy atom. The number of nitrogen functional groups attached to an aromatic ring is 1. The molecule has 1 saturated heterocycles. The molecule has 0 atom stereocenters. The molecule has 4 heteroatoms. The number of hydrogen-bond donors (Lipinski definition) is 1. The molecule has 4 nitrogen and oxygen atoms in total. The van der Waals surface area contributed by atoms with E-state index in [-0.39, 0.29) is 0 Å². The number of nitrogens with zero attached hydrogens (tertiary/aromatic N) is 3. The minimum atomic E-state index is 0.391. The van der Waals surface area contributed by atoms with Gasteiger partial charge in [0.05, 0.1) is 11.9 Å². The number of likely N-dealkylation sites (tertiary alicyclic amines) is 1. The lowest BCUT2D eigenvalue weighted by atomic mass is 10.1. The first-order valence-electron chi connectivity index (χ1n) is 6.22. The van der Waals surface area contributed by atoms with Crippen molar-refractivity contribution in [3.8, 4) is 0 Å². The van der Waals surface area contributed by atoms with Crippen LogP contribution in [0.4, 0.5) is 5.95 Å². The van der Waals surface area contributed by atoms with Gasteiger partial charge in [-0.1, -0.05) is 6.42 Å². The smallest absolute Gasteiger partial charge is 0.200 e. The first-order valence-corrected chi connectivity index (χ1v) is 6.22. The van der Waals surface area contributed by atoms with Gasteiger partial charge in [0.15, 0.2) is 0 Å². The number of nitrogens with two attached hydrogens (primary N) is 1. The minimum absolute atomic E-state index is 0.391. The van der Waals surface area contributed by atoms with Gasteiger partial charge in [-0.15, -0.1) is 0 Å².